The molecule has 2 fully saturated rings. The molecular weight excluding hydrogens is 272 g/mol. The lowest BCUT2D eigenvalue weighted by molar-refractivity contribution is -0.138. The molecule has 2 aliphatic rings. The molecular formula is C14H24N4O3. The molecule has 2 heterocycles. The van der Waals surface area contributed by atoms with Gasteiger partial charge in [-0.15, -0.1) is 0 Å². The number of urea groups is 1. The van der Waals surface area contributed by atoms with Gasteiger partial charge in [-0.3, -0.25) is 14.5 Å². The number of carbonyl (C=O) groups excluding carboxylic acids is 3. The lowest BCUT2D eigenvalue weighted by Crippen LogP contribution is -2.47. The van der Waals surface area contributed by atoms with E-state index >= 15 is 0 Å². The summed E-state index contributed by atoms with van der Waals surface area (Å²) < 4.78 is 0. The van der Waals surface area contributed by atoms with E-state index in [0.717, 1.165) is 11.3 Å². The molecule has 7 heteroatoms. The van der Waals surface area contributed by atoms with Crippen molar-refractivity contribution in [2.75, 3.05) is 26.2 Å². The molecule has 21 heavy (non-hydrogen) atoms. The maximum atomic E-state index is 12.4. The highest BCUT2D eigenvalue weighted by atomic mass is 16.2. The highest BCUT2D eigenvalue weighted by molar-refractivity contribution is 6.08. The van der Waals surface area contributed by atoms with Gasteiger partial charge in [0.25, 0.3) is 5.91 Å². The zero-order chi connectivity index (χ0) is 15.6. The van der Waals surface area contributed by atoms with Gasteiger partial charge in [0.15, 0.2) is 0 Å². The molecule has 0 bridgehead atoms. The first-order chi connectivity index (χ1) is 9.97. The van der Waals surface area contributed by atoms with Gasteiger partial charge in [-0.1, -0.05) is 13.8 Å². The quantitative estimate of drug-likeness (QED) is 0.693. The molecule has 2 aliphatic heterocycles. The van der Waals surface area contributed by atoms with Gasteiger partial charge in [-0.25, -0.2) is 4.79 Å². The van der Waals surface area contributed by atoms with E-state index in [1.807, 2.05) is 13.8 Å². The molecule has 2 rings (SSSR count). The second-order valence-electron chi connectivity index (χ2n) is 5.84. The Bertz CT molecular complexity index is 448. The minimum atomic E-state index is -0.845. The van der Waals surface area contributed by atoms with E-state index in [0.29, 0.717) is 38.4 Å². The SMILES string of the molecule is CCC1(CC)NC(=O)N(CC(=O)N2CC[C@H](CN)C2)C1=O. The lowest BCUT2D eigenvalue weighted by Gasteiger charge is -2.24. The van der Waals surface area contributed by atoms with E-state index in [9.17, 15) is 14.4 Å². The topological polar surface area (TPSA) is 95.7 Å². The summed E-state index contributed by atoms with van der Waals surface area (Å²) >= 11 is 0. The highest BCUT2D eigenvalue weighted by Crippen LogP contribution is 2.25. The average molecular weight is 296 g/mol. The van der Waals surface area contributed by atoms with Crippen LogP contribution >= 0.6 is 0 Å². The summed E-state index contributed by atoms with van der Waals surface area (Å²) in [6.07, 6.45) is 1.94. The molecule has 0 aromatic rings. The van der Waals surface area contributed by atoms with Crippen LogP contribution in [0.3, 0.4) is 0 Å². The minimum Gasteiger partial charge on any atom is -0.341 e. The number of carbonyl (C=O) groups is 3. The average Bonchev–Trinajstić information content (AvgIpc) is 3.05. The van der Waals surface area contributed by atoms with Crippen molar-refractivity contribution < 1.29 is 14.4 Å². The molecule has 2 saturated heterocycles. The Labute approximate surface area is 124 Å². The van der Waals surface area contributed by atoms with Crippen molar-refractivity contribution in [2.45, 2.75) is 38.6 Å². The van der Waals surface area contributed by atoms with E-state index in [1.54, 1.807) is 4.90 Å². The van der Waals surface area contributed by atoms with Gasteiger partial charge < -0.3 is 16.0 Å². The van der Waals surface area contributed by atoms with E-state index in [-0.39, 0.29) is 18.4 Å². The van der Waals surface area contributed by atoms with Crippen LogP contribution in [-0.4, -0.2) is 59.4 Å². The first-order valence-corrected chi connectivity index (χ1v) is 7.59. The third-order valence-electron chi connectivity index (χ3n) is 4.72. The van der Waals surface area contributed by atoms with Crippen molar-refractivity contribution >= 4 is 17.8 Å². The molecule has 0 spiro atoms. The summed E-state index contributed by atoms with van der Waals surface area (Å²) in [4.78, 5) is 39.4. The van der Waals surface area contributed by atoms with Crippen LogP contribution in [0.1, 0.15) is 33.1 Å². The van der Waals surface area contributed by atoms with Crippen LogP contribution in [0.5, 0.6) is 0 Å². The van der Waals surface area contributed by atoms with E-state index in [1.165, 1.54) is 0 Å². The van der Waals surface area contributed by atoms with Crippen molar-refractivity contribution in [3.05, 3.63) is 0 Å². The molecule has 1 atom stereocenters. The van der Waals surface area contributed by atoms with Gasteiger partial charge in [-0.05, 0) is 31.7 Å². The van der Waals surface area contributed by atoms with Crippen LogP contribution in [0, 0.1) is 5.92 Å². The predicted molar refractivity (Wildman–Crippen MR) is 77.3 cm³/mol. The van der Waals surface area contributed by atoms with Gasteiger partial charge in [-0.2, -0.15) is 0 Å². The van der Waals surface area contributed by atoms with Crippen molar-refractivity contribution in [3.8, 4) is 0 Å². The largest absolute Gasteiger partial charge is 0.341 e. The minimum absolute atomic E-state index is 0.177. The van der Waals surface area contributed by atoms with Crippen LogP contribution < -0.4 is 11.1 Å². The second-order valence-corrected chi connectivity index (χ2v) is 5.84. The Morgan fingerprint density at radius 1 is 1.38 bits per heavy atom. The van der Waals surface area contributed by atoms with Crippen LogP contribution in [-0.2, 0) is 9.59 Å². The predicted octanol–water partition coefficient (Wildman–Crippen LogP) is -0.0958. The number of likely N-dealkylation sites (tertiary alicyclic amines) is 1. The normalized spacial score (nSPS) is 24.6. The third kappa shape index (κ3) is 2.74. The lowest BCUT2D eigenvalue weighted by atomic mass is 9.93. The van der Waals surface area contributed by atoms with Crippen molar-refractivity contribution in [1.29, 1.82) is 0 Å². The summed E-state index contributed by atoms with van der Waals surface area (Å²) in [6.45, 7) is 5.37. The van der Waals surface area contributed by atoms with Gasteiger partial charge >= 0.3 is 6.03 Å². The first-order valence-electron chi connectivity index (χ1n) is 7.59. The van der Waals surface area contributed by atoms with Crippen molar-refractivity contribution in [3.63, 3.8) is 0 Å². The summed E-state index contributed by atoms with van der Waals surface area (Å²) in [5, 5.41) is 2.73. The number of nitrogens with zero attached hydrogens (tertiary/aromatic N) is 2. The number of hydrogen-bond acceptors (Lipinski definition) is 4. The summed E-state index contributed by atoms with van der Waals surface area (Å²) in [7, 11) is 0. The third-order valence-corrected chi connectivity index (χ3v) is 4.72. The van der Waals surface area contributed by atoms with Gasteiger partial charge in [0, 0.05) is 13.1 Å². The Hall–Kier alpha value is -1.63. The van der Waals surface area contributed by atoms with Crippen LogP contribution in [0.4, 0.5) is 4.79 Å². The van der Waals surface area contributed by atoms with Crippen LogP contribution in [0.15, 0.2) is 0 Å². The molecule has 4 amide bonds. The molecule has 0 aliphatic carbocycles. The number of amides is 4. The fourth-order valence-electron chi connectivity index (χ4n) is 3.04. The Kier molecular flexibility index (Phi) is 4.51. The second kappa shape index (κ2) is 6.01. The Balaban J connectivity index is 2.01. The number of nitrogens with one attached hydrogen (secondary N) is 1. The zero-order valence-corrected chi connectivity index (χ0v) is 12.7. The summed E-state index contributed by atoms with van der Waals surface area (Å²) in [5.74, 6) is -0.152. The van der Waals surface area contributed by atoms with Crippen molar-refractivity contribution in [1.82, 2.24) is 15.1 Å². The van der Waals surface area contributed by atoms with E-state index < -0.39 is 11.6 Å². The maximum Gasteiger partial charge on any atom is 0.325 e. The fraction of sp³-hybridized carbons (Fsp3) is 0.786. The summed E-state index contributed by atoms with van der Waals surface area (Å²) in [5.41, 5.74) is 4.76. The Morgan fingerprint density at radius 3 is 2.52 bits per heavy atom. The summed E-state index contributed by atoms with van der Waals surface area (Å²) in [6, 6.07) is -0.466. The van der Waals surface area contributed by atoms with Gasteiger partial charge in [0.05, 0.1) is 0 Å². The Morgan fingerprint density at radius 2 is 2.05 bits per heavy atom. The molecule has 7 nitrogen and oxygen atoms in total. The van der Waals surface area contributed by atoms with Crippen molar-refractivity contribution in [2.24, 2.45) is 11.7 Å². The monoisotopic (exact) mass is 296 g/mol. The fourth-order valence-corrected chi connectivity index (χ4v) is 3.04. The maximum absolute atomic E-state index is 12.4. The standard InChI is InChI=1S/C14H24N4O3/c1-3-14(4-2)12(20)18(13(21)16-14)9-11(19)17-6-5-10(7-15)8-17/h10H,3-9,15H2,1-2H3,(H,16,21)/t10-/m1/s1. The van der Waals surface area contributed by atoms with E-state index in [2.05, 4.69) is 5.32 Å². The molecule has 0 saturated carbocycles. The van der Waals surface area contributed by atoms with Gasteiger partial charge in [0.1, 0.15) is 12.1 Å². The number of imide groups is 1. The van der Waals surface area contributed by atoms with Crippen LogP contribution in [0.25, 0.3) is 0 Å². The van der Waals surface area contributed by atoms with Crippen LogP contribution in [0.2, 0.25) is 0 Å². The smallest absolute Gasteiger partial charge is 0.325 e. The molecule has 0 aromatic heterocycles. The molecule has 3 N–H and O–H groups in total. The molecule has 0 unspecified atom stereocenters. The zero-order valence-electron chi connectivity index (χ0n) is 12.7. The molecule has 0 radical (unpaired) electrons. The number of nitrogens with two attached hydrogens (primary N) is 1. The highest BCUT2D eigenvalue weighted by Gasteiger charge is 2.49. The van der Waals surface area contributed by atoms with E-state index in [4.69, 9.17) is 5.73 Å². The first kappa shape index (κ1) is 15.8. The number of rotatable bonds is 5. The van der Waals surface area contributed by atoms with Gasteiger partial charge in [0.2, 0.25) is 5.91 Å². The molecule has 0 aromatic carbocycles. The molecule has 118 valence electrons. The number of hydrogen-bond donors (Lipinski definition) is 2.